The van der Waals surface area contributed by atoms with Gasteiger partial charge in [-0.25, -0.2) is 0 Å². The Kier molecular flexibility index (Phi) is 8.26. The number of carbonyl (C=O) groups excluding carboxylic acids is 2. The molecule has 110 valence electrons. The lowest BCUT2D eigenvalue weighted by molar-refractivity contribution is -0.146. The zero-order valence-corrected chi connectivity index (χ0v) is 12.0. The van der Waals surface area contributed by atoms with Gasteiger partial charge in [0.15, 0.2) is 0 Å². The van der Waals surface area contributed by atoms with Crippen LogP contribution in [0.5, 0.6) is 0 Å². The third-order valence-corrected chi connectivity index (χ3v) is 3.52. The molecule has 0 radical (unpaired) electrons. The lowest BCUT2D eigenvalue weighted by atomic mass is 9.90. The number of hydrogen-bond acceptors (Lipinski definition) is 4. The maximum absolute atomic E-state index is 11.5. The molecule has 0 unspecified atom stereocenters. The molecule has 1 rings (SSSR count). The van der Waals surface area contributed by atoms with Crippen LogP contribution in [0.15, 0.2) is 0 Å². The summed E-state index contributed by atoms with van der Waals surface area (Å²) in [7, 11) is 0. The summed E-state index contributed by atoms with van der Waals surface area (Å²) in [5.41, 5.74) is 0. The van der Waals surface area contributed by atoms with E-state index in [1.54, 1.807) is 6.92 Å². The average molecular weight is 270 g/mol. The molecule has 4 nitrogen and oxygen atoms in total. The minimum atomic E-state index is -0.182. The monoisotopic (exact) mass is 270 g/mol. The SMILES string of the molecule is CCOC(=O)CCCCC(=O)OCC1CCCCC1. The summed E-state index contributed by atoms with van der Waals surface area (Å²) in [4.78, 5) is 22.6. The van der Waals surface area contributed by atoms with Crippen molar-refractivity contribution in [1.82, 2.24) is 0 Å². The van der Waals surface area contributed by atoms with Gasteiger partial charge >= 0.3 is 11.9 Å². The molecular weight excluding hydrogens is 244 g/mol. The van der Waals surface area contributed by atoms with Gasteiger partial charge in [-0.1, -0.05) is 19.3 Å². The minimum absolute atomic E-state index is 0.130. The van der Waals surface area contributed by atoms with Crippen LogP contribution in [0.25, 0.3) is 0 Å². The Labute approximate surface area is 115 Å². The molecule has 0 amide bonds. The van der Waals surface area contributed by atoms with E-state index >= 15 is 0 Å². The predicted octanol–water partition coefficient (Wildman–Crippen LogP) is 3.23. The predicted molar refractivity (Wildman–Crippen MR) is 72.6 cm³/mol. The fourth-order valence-electron chi connectivity index (χ4n) is 2.41. The van der Waals surface area contributed by atoms with Gasteiger partial charge in [-0.2, -0.15) is 0 Å². The van der Waals surface area contributed by atoms with E-state index in [9.17, 15) is 9.59 Å². The molecule has 1 aliphatic carbocycles. The fraction of sp³-hybridized carbons (Fsp3) is 0.867. The number of esters is 2. The van der Waals surface area contributed by atoms with E-state index in [0.717, 1.165) is 0 Å². The van der Waals surface area contributed by atoms with Crippen LogP contribution >= 0.6 is 0 Å². The molecule has 0 bridgehead atoms. The number of rotatable bonds is 8. The molecule has 19 heavy (non-hydrogen) atoms. The van der Waals surface area contributed by atoms with Crippen molar-refractivity contribution >= 4 is 11.9 Å². The highest BCUT2D eigenvalue weighted by Gasteiger charge is 2.15. The maximum Gasteiger partial charge on any atom is 0.305 e. The Morgan fingerprint density at radius 2 is 1.53 bits per heavy atom. The van der Waals surface area contributed by atoms with Crippen LogP contribution < -0.4 is 0 Å². The van der Waals surface area contributed by atoms with Gasteiger partial charge in [0.05, 0.1) is 13.2 Å². The summed E-state index contributed by atoms with van der Waals surface area (Å²) in [5.74, 6) is 0.254. The Balaban J connectivity index is 1.97. The van der Waals surface area contributed by atoms with Crippen molar-refractivity contribution in [3.63, 3.8) is 0 Å². The number of unbranched alkanes of at least 4 members (excludes halogenated alkanes) is 1. The molecule has 1 saturated carbocycles. The van der Waals surface area contributed by atoms with E-state index in [4.69, 9.17) is 9.47 Å². The molecule has 0 saturated heterocycles. The second kappa shape index (κ2) is 9.82. The summed E-state index contributed by atoms with van der Waals surface area (Å²) in [6, 6.07) is 0. The van der Waals surface area contributed by atoms with E-state index in [-0.39, 0.29) is 11.9 Å². The van der Waals surface area contributed by atoms with Gasteiger partial charge in [-0.15, -0.1) is 0 Å². The average Bonchev–Trinajstić information content (AvgIpc) is 2.43. The summed E-state index contributed by atoms with van der Waals surface area (Å²) in [6.07, 6.45) is 8.42. The smallest absolute Gasteiger partial charge is 0.305 e. The van der Waals surface area contributed by atoms with E-state index in [1.807, 2.05) is 0 Å². The molecule has 0 aliphatic heterocycles. The highest BCUT2D eigenvalue weighted by molar-refractivity contribution is 5.70. The van der Waals surface area contributed by atoms with Crippen LogP contribution in [-0.4, -0.2) is 25.2 Å². The number of carbonyl (C=O) groups is 2. The van der Waals surface area contributed by atoms with Gasteiger partial charge in [-0.3, -0.25) is 9.59 Å². The van der Waals surface area contributed by atoms with Crippen LogP contribution in [0.2, 0.25) is 0 Å². The van der Waals surface area contributed by atoms with Gasteiger partial charge in [0.25, 0.3) is 0 Å². The Morgan fingerprint density at radius 3 is 2.11 bits per heavy atom. The van der Waals surface area contributed by atoms with E-state index in [0.29, 0.717) is 44.8 Å². The fourth-order valence-corrected chi connectivity index (χ4v) is 2.41. The van der Waals surface area contributed by atoms with Crippen molar-refractivity contribution < 1.29 is 19.1 Å². The normalized spacial score (nSPS) is 16.1. The Bertz CT molecular complexity index is 269. The molecule has 4 heteroatoms. The van der Waals surface area contributed by atoms with Crippen molar-refractivity contribution in [3.8, 4) is 0 Å². The Morgan fingerprint density at radius 1 is 0.947 bits per heavy atom. The topological polar surface area (TPSA) is 52.6 Å². The van der Waals surface area contributed by atoms with Crippen molar-refractivity contribution in [2.24, 2.45) is 5.92 Å². The van der Waals surface area contributed by atoms with Crippen molar-refractivity contribution in [1.29, 1.82) is 0 Å². The minimum Gasteiger partial charge on any atom is -0.466 e. The molecule has 1 aliphatic rings. The third-order valence-electron chi connectivity index (χ3n) is 3.52. The van der Waals surface area contributed by atoms with Crippen molar-refractivity contribution in [2.45, 2.75) is 64.7 Å². The molecule has 0 heterocycles. The quantitative estimate of drug-likeness (QED) is 0.502. The molecule has 0 aromatic rings. The second-order valence-corrected chi connectivity index (χ2v) is 5.20. The molecule has 0 spiro atoms. The van der Waals surface area contributed by atoms with Gasteiger partial charge in [0.1, 0.15) is 0 Å². The lowest BCUT2D eigenvalue weighted by Crippen LogP contribution is -2.16. The molecule has 0 atom stereocenters. The van der Waals surface area contributed by atoms with Crippen LogP contribution in [0, 0.1) is 5.92 Å². The molecule has 1 fully saturated rings. The lowest BCUT2D eigenvalue weighted by Gasteiger charge is -2.20. The van der Waals surface area contributed by atoms with Crippen molar-refractivity contribution in [3.05, 3.63) is 0 Å². The van der Waals surface area contributed by atoms with E-state index < -0.39 is 0 Å². The van der Waals surface area contributed by atoms with Crippen LogP contribution in [0.4, 0.5) is 0 Å². The first-order valence-corrected chi connectivity index (χ1v) is 7.53. The summed E-state index contributed by atoms with van der Waals surface area (Å²) >= 11 is 0. The largest absolute Gasteiger partial charge is 0.466 e. The molecule has 0 aromatic carbocycles. The molecule has 0 aromatic heterocycles. The van der Waals surface area contributed by atoms with Crippen LogP contribution in [0.1, 0.15) is 64.7 Å². The second-order valence-electron chi connectivity index (χ2n) is 5.20. The van der Waals surface area contributed by atoms with Gasteiger partial charge in [-0.05, 0) is 38.5 Å². The highest BCUT2D eigenvalue weighted by atomic mass is 16.5. The first-order valence-electron chi connectivity index (χ1n) is 7.53. The zero-order chi connectivity index (χ0) is 13.9. The first kappa shape index (κ1) is 16.0. The summed E-state index contributed by atoms with van der Waals surface area (Å²) < 4.78 is 10.1. The van der Waals surface area contributed by atoms with Crippen LogP contribution in [0.3, 0.4) is 0 Å². The van der Waals surface area contributed by atoms with E-state index in [2.05, 4.69) is 0 Å². The van der Waals surface area contributed by atoms with E-state index in [1.165, 1.54) is 32.1 Å². The zero-order valence-electron chi connectivity index (χ0n) is 12.0. The number of ether oxygens (including phenoxy) is 2. The summed E-state index contributed by atoms with van der Waals surface area (Å²) in [5, 5.41) is 0. The van der Waals surface area contributed by atoms with Gasteiger partial charge < -0.3 is 9.47 Å². The van der Waals surface area contributed by atoms with Crippen molar-refractivity contribution in [2.75, 3.05) is 13.2 Å². The van der Waals surface area contributed by atoms with Gasteiger partial charge in [0.2, 0.25) is 0 Å². The highest BCUT2D eigenvalue weighted by Crippen LogP contribution is 2.23. The van der Waals surface area contributed by atoms with Gasteiger partial charge in [0, 0.05) is 12.8 Å². The number of hydrogen-bond donors (Lipinski definition) is 0. The molecular formula is C15H26O4. The first-order chi connectivity index (χ1) is 9.22. The third kappa shape index (κ3) is 7.85. The standard InChI is InChI=1S/C15H26O4/c1-2-18-14(16)10-6-7-11-15(17)19-12-13-8-4-3-5-9-13/h13H,2-12H2,1H3. The molecule has 0 N–H and O–H groups in total. The Hall–Kier alpha value is -1.06. The van der Waals surface area contributed by atoms with Crippen LogP contribution in [-0.2, 0) is 19.1 Å². The maximum atomic E-state index is 11.5. The summed E-state index contributed by atoms with van der Waals surface area (Å²) in [6.45, 7) is 2.79.